The van der Waals surface area contributed by atoms with Gasteiger partial charge in [0.2, 0.25) is 0 Å². The molecule has 1 fully saturated rings. The van der Waals surface area contributed by atoms with Crippen molar-refractivity contribution in [2.24, 2.45) is 5.73 Å². The van der Waals surface area contributed by atoms with Gasteiger partial charge >= 0.3 is 6.03 Å². The van der Waals surface area contributed by atoms with Crippen LogP contribution in [0.25, 0.3) is 5.69 Å². The van der Waals surface area contributed by atoms with Gasteiger partial charge in [-0.05, 0) is 55.6 Å². The largest absolute Gasteiger partial charge is 0.383 e. The van der Waals surface area contributed by atoms with Gasteiger partial charge in [0, 0.05) is 26.3 Å². The third kappa shape index (κ3) is 6.75. The molecule has 2 amide bonds. The highest BCUT2D eigenvalue weighted by molar-refractivity contribution is 6.34. The first-order valence-electron chi connectivity index (χ1n) is 10.8. The van der Waals surface area contributed by atoms with E-state index in [1.165, 1.54) is 12.1 Å². The number of para-hydroxylation sites is 1. The summed E-state index contributed by atoms with van der Waals surface area (Å²) in [5.41, 5.74) is 7.29. The van der Waals surface area contributed by atoms with Gasteiger partial charge in [-0.15, -0.1) is 0 Å². The number of amides is 2. The molecule has 0 spiro atoms. The lowest BCUT2D eigenvalue weighted by Crippen LogP contribution is -2.24. The van der Waals surface area contributed by atoms with E-state index in [4.69, 9.17) is 22.1 Å². The molecule has 0 aliphatic carbocycles. The lowest BCUT2D eigenvalue weighted by molar-refractivity contribution is 0.160. The van der Waals surface area contributed by atoms with Crippen LogP contribution in [-0.4, -0.2) is 54.1 Å². The number of carbonyl (C=O) groups excluding carboxylic acids is 1. The highest BCUT2D eigenvalue weighted by Gasteiger charge is 2.24. The van der Waals surface area contributed by atoms with Crippen LogP contribution in [0, 0.1) is 18.6 Å². The lowest BCUT2D eigenvalue weighted by Gasteiger charge is -2.15. The fourth-order valence-corrected chi connectivity index (χ4v) is 3.99. The summed E-state index contributed by atoms with van der Waals surface area (Å²) in [6, 6.07) is 12.5. The molecular formula is C24H28ClF2N5O2. The van der Waals surface area contributed by atoms with Crippen molar-refractivity contribution in [3.8, 4) is 5.69 Å². The number of carbonyl (C=O) groups is 1. The molecule has 1 atom stereocenters. The molecule has 1 aliphatic rings. The highest BCUT2D eigenvalue weighted by atomic mass is 35.5. The Morgan fingerprint density at radius 3 is 2.53 bits per heavy atom. The third-order valence-electron chi connectivity index (χ3n) is 5.47. The van der Waals surface area contributed by atoms with Crippen molar-refractivity contribution in [1.82, 2.24) is 14.7 Å². The average Bonchev–Trinajstić information content (AvgIpc) is 3.38. The first-order chi connectivity index (χ1) is 16.3. The summed E-state index contributed by atoms with van der Waals surface area (Å²) in [7, 11) is 1.68. The average molecular weight is 492 g/mol. The molecule has 182 valence electrons. The van der Waals surface area contributed by atoms with Crippen molar-refractivity contribution < 1.29 is 18.3 Å². The zero-order chi connectivity index (χ0) is 24.7. The zero-order valence-electron chi connectivity index (χ0n) is 19.1. The van der Waals surface area contributed by atoms with Crippen LogP contribution in [0.5, 0.6) is 0 Å². The summed E-state index contributed by atoms with van der Waals surface area (Å²) >= 11 is 6.05. The van der Waals surface area contributed by atoms with Crippen LogP contribution in [0.15, 0.2) is 48.5 Å². The van der Waals surface area contributed by atoms with Gasteiger partial charge in [-0.2, -0.15) is 5.10 Å². The van der Waals surface area contributed by atoms with Gasteiger partial charge in [0.25, 0.3) is 0 Å². The van der Waals surface area contributed by atoms with Gasteiger partial charge < -0.3 is 15.4 Å². The number of likely N-dealkylation sites (tertiary alicyclic amines) is 1. The number of primary amides is 1. The smallest absolute Gasteiger partial charge is 0.317 e. The molecular weight excluding hydrogens is 464 g/mol. The zero-order valence-corrected chi connectivity index (χ0v) is 19.9. The summed E-state index contributed by atoms with van der Waals surface area (Å²) < 4.78 is 32.8. The van der Waals surface area contributed by atoms with E-state index in [9.17, 15) is 13.6 Å². The summed E-state index contributed by atoms with van der Waals surface area (Å²) in [4.78, 5) is 13.2. The predicted molar refractivity (Wildman–Crippen MR) is 129 cm³/mol. The number of methoxy groups -OCH3 is 1. The van der Waals surface area contributed by atoms with E-state index in [1.807, 2.05) is 30.3 Å². The van der Waals surface area contributed by atoms with Crippen molar-refractivity contribution in [2.45, 2.75) is 19.3 Å². The fraction of sp³-hybridized carbons (Fsp3) is 0.333. The van der Waals surface area contributed by atoms with Crippen LogP contribution < -0.4 is 11.1 Å². The van der Waals surface area contributed by atoms with E-state index in [0.717, 1.165) is 43.4 Å². The Bertz CT molecular complexity index is 1090. The first kappa shape index (κ1) is 25.6. The molecule has 0 radical (unpaired) electrons. The summed E-state index contributed by atoms with van der Waals surface area (Å²) in [5.74, 6) is -0.370. The number of hydrogen-bond donors (Lipinski definition) is 2. The normalized spacial score (nSPS) is 15.6. The number of benzene rings is 2. The van der Waals surface area contributed by atoms with Crippen LogP contribution in [0.1, 0.15) is 23.6 Å². The molecule has 2 heterocycles. The highest BCUT2D eigenvalue weighted by Crippen LogP contribution is 2.29. The minimum Gasteiger partial charge on any atom is -0.383 e. The standard InChI is InChI=1S/C13H17F2NO.C11H11ClN4O/c1-17-5-4-16-3-2-10(9-16)11-6-12(14)8-13(15)7-11;1-7-9(12)10(14-11(13)17)16(15-7)8-5-3-2-4-6-8/h6-8,10H,2-5,9H2,1H3;2-6H,1H3,(H3,13,14,17). The van der Waals surface area contributed by atoms with Crippen LogP contribution in [-0.2, 0) is 4.74 Å². The third-order valence-corrected chi connectivity index (χ3v) is 5.92. The van der Waals surface area contributed by atoms with Gasteiger partial charge in [0.05, 0.1) is 18.0 Å². The number of nitrogens with zero attached hydrogens (tertiary/aromatic N) is 3. The summed E-state index contributed by atoms with van der Waals surface area (Å²) in [6.45, 7) is 5.15. The molecule has 0 bridgehead atoms. The van der Waals surface area contributed by atoms with E-state index in [2.05, 4.69) is 15.3 Å². The van der Waals surface area contributed by atoms with Crippen molar-refractivity contribution >= 4 is 23.4 Å². The monoisotopic (exact) mass is 491 g/mol. The molecule has 2 aromatic carbocycles. The topological polar surface area (TPSA) is 85.4 Å². The number of anilines is 1. The van der Waals surface area contributed by atoms with E-state index in [-0.39, 0.29) is 5.92 Å². The van der Waals surface area contributed by atoms with Crippen molar-refractivity contribution in [3.05, 3.63) is 76.4 Å². The lowest BCUT2D eigenvalue weighted by atomic mass is 9.98. The number of aryl methyl sites for hydroxylation is 1. The molecule has 0 saturated carbocycles. The van der Waals surface area contributed by atoms with Crippen LogP contribution in [0.4, 0.5) is 19.4 Å². The van der Waals surface area contributed by atoms with Crippen LogP contribution in [0.3, 0.4) is 0 Å². The maximum Gasteiger partial charge on any atom is 0.317 e. The summed E-state index contributed by atoms with van der Waals surface area (Å²) in [6.07, 6.45) is 0.951. The fourth-order valence-electron chi connectivity index (χ4n) is 3.83. The second-order valence-electron chi connectivity index (χ2n) is 7.97. The SMILES string of the molecule is COCCN1CCC(c2cc(F)cc(F)c2)C1.Cc1nn(-c2ccccc2)c(NC(N)=O)c1Cl. The van der Waals surface area contributed by atoms with Gasteiger partial charge in [0.15, 0.2) is 5.82 Å². The molecule has 34 heavy (non-hydrogen) atoms. The quantitative estimate of drug-likeness (QED) is 0.522. The maximum absolute atomic E-state index is 13.1. The van der Waals surface area contributed by atoms with E-state index in [1.54, 1.807) is 18.7 Å². The Labute approximate surface area is 202 Å². The first-order valence-corrected chi connectivity index (χ1v) is 11.2. The van der Waals surface area contributed by atoms with Gasteiger partial charge in [-0.1, -0.05) is 29.8 Å². The summed E-state index contributed by atoms with van der Waals surface area (Å²) in [5, 5.41) is 7.10. The number of halogens is 3. The number of hydrogen-bond acceptors (Lipinski definition) is 4. The van der Waals surface area contributed by atoms with Gasteiger partial charge in [-0.3, -0.25) is 5.32 Å². The molecule has 7 nitrogen and oxygen atoms in total. The van der Waals surface area contributed by atoms with E-state index >= 15 is 0 Å². The van der Waals surface area contributed by atoms with Gasteiger partial charge in [0.1, 0.15) is 16.7 Å². The molecule has 10 heteroatoms. The molecule has 1 unspecified atom stereocenters. The Morgan fingerprint density at radius 2 is 1.91 bits per heavy atom. The number of nitrogens with two attached hydrogens (primary N) is 1. The number of urea groups is 1. The van der Waals surface area contributed by atoms with Crippen LogP contribution >= 0.6 is 11.6 Å². The molecule has 4 rings (SSSR count). The van der Waals surface area contributed by atoms with E-state index < -0.39 is 17.7 Å². The number of ether oxygens (including phenoxy) is 1. The minimum atomic E-state index is -0.677. The molecule has 3 aromatic rings. The maximum atomic E-state index is 13.1. The number of aromatic nitrogens is 2. The Hall–Kier alpha value is -3.01. The molecule has 3 N–H and O–H groups in total. The Balaban J connectivity index is 0.000000191. The van der Waals surface area contributed by atoms with Crippen molar-refractivity contribution in [2.75, 3.05) is 38.7 Å². The molecule has 1 aromatic heterocycles. The van der Waals surface area contributed by atoms with Crippen molar-refractivity contribution in [3.63, 3.8) is 0 Å². The molecule has 1 saturated heterocycles. The van der Waals surface area contributed by atoms with E-state index in [0.29, 0.717) is 23.1 Å². The number of nitrogens with one attached hydrogen (secondary N) is 1. The Kier molecular flexibility index (Phi) is 8.98. The number of rotatable bonds is 6. The minimum absolute atomic E-state index is 0.233. The van der Waals surface area contributed by atoms with Gasteiger partial charge in [-0.25, -0.2) is 18.3 Å². The second-order valence-corrected chi connectivity index (χ2v) is 8.34. The molecule has 1 aliphatic heterocycles. The van der Waals surface area contributed by atoms with Crippen molar-refractivity contribution in [1.29, 1.82) is 0 Å². The van der Waals surface area contributed by atoms with Crippen LogP contribution in [0.2, 0.25) is 5.02 Å². The predicted octanol–water partition coefficient (Wildman–Crippen LogP) is 4.73. The Morgan fingerprint density at radius 1 is 1.24 bits per heavy atom. The second kappa shape index (κ2) is 11.9.